The lowest BCUT2D eigenvalue weighted by molar-refractivity contribution is -0.119. The van der Waals surface area contributed by atoms with Gasteiger partial charge in [0.25, 0.3) is 0 Å². The van der Waals surface area contributed by atoms with Crippen LogP contribution < -0.4 is 15.4 Å². The first-order chi connectivity index (χ1) is 13.4. The summed E-state index contributed by atoms with van der Waals surface area (Å²) in [7, 11) is 1.26. The third kappa shape index (κ3) is 4.17. The van der Waals surface area contributed by atoms with Crippen LogP contribution in [0.4, 0.5) is 10.5 Å². The molecular formula is C22H26N2O4. The number of methoxy groups -OCH3 is 1. The van der Waals surface area contributed by atoms with Crippen molar-refractivity contribution in [1.82, 2.24) is 0 Å². The number of nitrogens with zero attached hydrogens (tertiary/aromatic N) is 1. The van der Waals surface area contributed by atoms with Gasteiger partial charge in [0.1, 0.15) is 5.75 Å². The van der Waals surface area contributed by atoms with Gasteiger partial charge < -0.3 is 20.1 Å². The van der Waals surface area contributed by atoms with Crippen molar-refractivity contribution in [3.63, 3.8) is 0 Å². The van der Waals surface area contributed by atoms with Gasteiger partial charge in [0.05, 0.1) is 13.2 Å². The highest BCUT2D eigenvalue weighted by atomic mass is 16.7. The van der Waals surface area contributed by atoms with Gasteiger partial charge in [-0.3, -0.25) is 4.79 Å². The molecule has 6 nitrogen and oxygen atoms in total. The number of para-hydroxylation sites is 1. The lowest BCUT2D eigenvalue weighted by Gasteiger charge is -2.31. The molecule has 0 fully saturated rings. The number of benzene rings is 2. The van der Waals surface area contributed by atoms with Gasteiger partial charge in [-0.25, -0.2) is 4.79 Å². The van der Waals surface area contributed by atoms with Gasteiger partial charge in [0.2, 0.25) is 5.91 Å². The number of hydrogen-bond acceptors (Lipinski definition) is 5. The zero-order chi connectivity index (χ0) is 20.3. The molecule has 28 heavy (non-hydrogen) atoms. The largest absolute Gasteiger partial charge is 0.513 e. The number of anilines is 1. The Balaban J connectivity index is 1.77. The van der Waals surface area contributed by atoms with Crippen molar-refractivity contribution in [3.8, 4) is 5.75 Å². The molecule has 0 aromatic heterocycles. The van der Waals surface area contributed by atoms with Crippen LogP contribution in [0.15, 0.2) is 36.4 Å². The van der Waals surface area contributed by atoms with Crippen LogP contribution in [0.5, 0.6) is 5.75 Å². The number of fused-ring (bicyclic) bond motifs is 1. The topological polar surface area (TPSA) is 81.9 Å². The van der Waals surface area contributed by atoms with Crippen LogP contribution in [0.25, 0.3) is 0 Å². The number of ether oxygens (including phenoxy) is 2. The fraction of sp³-hybridized carbons (Fsp3) is 0.364. The molecule has 1 atom stereocenters. The van der Waals surface area contributed by atoms with E-state index in [-0.39, 0.29) is 5.91 Å². The Morgan fingerprint density at radius 3 is 2.54 bits per heavy atom. The maximum atomic E-state index is 13.1. The molecule has 0 radical (unpaired) electrons. The second-order valence-corrected chi connectivity index (χ2v) is 7.12. The zero-order valence-electron chi connectivity index (χ0n) is 16.5. The number of nitrogens with two attached hydrogens (primary N) is 1. The maximum Gasteiger partial charge on any atom is 0.513 e. The lowest BCUT2D eigenvalue weighted by Crippen LogP contribution is -2.47. The Morgan fingerprint density at radius 2 is 1.86 bits per heavy atom. The zero-order valence-corrected chi connectivity index (χ0v) is 16.5. The molecule has 148 valence electrons. The van der Waals surface area contributed by atoms with Crippen LogP contribution in [0.2, 0.25) is 0 Å². The van der Waals surface area contributed by atoms with E-state index in [4.69, 9.17) is 10.5 Å². The second-order valence-electron chi connectivity index (χ2n) is 7.12. The first kappa shape index (κ1) is 19.9. The molecule has 6 heteroatoms. The van der Waals surface area contributed by atoms with Crippen LogP contribution in [-0.4, -0.2) is 31.8 Å². The summed E-state index contributed by atoms with van der Waals surface area (Å²) in [6, 6.07) is 10.9. The van der Waals surface area contributed by atoms with E-state index in [1.54, 1.807) is 12.1 Å². The van der Waals surface area contributed by atoms with E-state index in [0.29, 0.717) is 18.7 Å². The summed E-state index contributed by atoms with van der Waals surface area (Å²) in [6.45, 7) is 4.52. The van der Waals surface area contributed by atoms with Crippen LogP contribution in [0, 0.1) is 13.8 Å². The lowest BCUT2D eigenvalue weighted by atomic mass is 9.94. The molecule has 0 bridgehead atoms. The minimum absolute atomic E-state index is 0.0687. The summed E-state index contributed by atoms with van der Waals surface area (Å²) in [5.41, 5.74) is 11.3. The number of amides is 1. The number of hydrogen-bond donors (Lipinski definition) is 1. The number of aryl methyl sites for hydroxylation is 3. The maximum absolute atomic E-state index is 13.1. The van der Waals surface area contributed by atoms with E-state index in [1.165, 1.54) is 12.7 Å². The van der Waals surface area contributed by atoms with E-state index in [2.05, 4.69) is 10.8 Å². The van der Waals surface area contributed by atoms with E-state index in [0.717, 1.165) is 35.2 Å². The van der Waals surface area contributed by atoms with Crippen LogP contribution >= 0.6 is 0 Å². The standard InChI is InChI=1S/C22H26N2O4/c1-14-11-17(28-22(26)27-3)12-15(2)18(14)13-19(23)21(25)24-10-6-8-16-7-4-5-9-20(16)24/h4-5,7,9,11-12,19H,6,8,10,13,23H2,1-3H3/t19-/m0/s1. The molecule has 2 N–H and O–H groups in total. The molecule has 0 aliphatic carbocycles. The first-order valence-electron chi connectivity index (χ1n) is 9.41. The van der Waals surface area contributed by atoms with Crippen molar-refractivity contribution in [3.05, 3.63) is 58.7 Å². The van der Waals surface area contributed by atoms with Gasteiger partial charge in [0.15, 0.2) is 0 Å². The van der Waals surface area contributed by atoms with Gasteiger partial charge in [-0.05, 0) is 73.6 Å². The fourth-order valence-corrected chi connectivity index (χ4v) is 3.74. The van der Waals surface area contributed by atoms with Gasteiger partial charge in [0, 0.05) is 12.2 Å². The average molecular weight is 382 g/mol. The van der Waals surface area contributed by atoms with Crippen molar-refractivity contribution in [1.29, 1.82) is 0 Å². The molecule has 2 aromatic rings. The Bertz CT molecular complexity index is 871. The summed E-state index contributed by atoms with van der Waals surface area (Å²) >= 11 is 0. The quantitative estimate of drug-likeness (QED) is 0.648. The summed E-state index contributed by atoms with van der Waals surface area (Å²) in [5, 5.41) is 0. The highest BCUT2D eigenvalue weighted by Gasteiger charge is 2.27. The number of carbonyl (C=O) groups excluding carboxylic acids is 2. The number of rotatable bonds is 4. The van der Waals surface area contributed by atoms with Gasteiger partial charge in [-0.1, -0.05) is 18.2 Å². The molecule has 0 saturated heterocycles. The van der Waals surface area contributed by atoms with Crippen molar-refractivity contribution >= 4 is 17.7 Å². The van der Waals surface area contributed by atoms with Crippen LogP contribution in [0.3, 0.4) is 0 Å². The summed E-state index contributed by atoms with van der Waals surface area (Å²) in [4.78, 5) is 26.2. The Kier molecular flexibility index (Phi) is 5.99. The molecule has 1 heterocycles. The minimum Gasteiger partial charge on any atom is -0.437 e. The molecule has 1 aliphatic rings. The first-order valence-corrected chi connectivity index (χ1v) is 9.41. The molecule has 0 unspecified atom stereocenters. The van der Waals surface area contributed by atoms with Crippen molar-refractivity contribution in [2.24, 2.45) is 5.73 Å². The third-order valence-corrected chi connectivity index (χ3v) is 5.15. The smallest absolute Gasteiger partial charge is 0.437 e. The Hall–Kier alpha value is -2.86. The van der Waals surface area contributed by atoms with E-state index < -0.39 is 12.2 Å². The average Bonchev–Trinajstić information content (AvgIpc) is 2.69. The minimum atomic E-state index is -0.762. The summed E-state index contributed by atoms with van der Waals surface area (Å²) in [5.74, 6) is 0.344. The van der Waals surface area contributed by atoms with Gasteiger partial charge >= 0.3 is 6.16 Å². The van der Waals surface area contributed by atoms with E-state index >= 15 is 0 Å². The van der Waals surface area contributed by atoms with Gasteiger partial charge in [-0.2, -0.15) is 0 Å². The highest BCUT2D eigenvalue weighted by molar-refractivity contribution is 5.98. The normalized spacial score (nSPS) is 14.2. The molecular weight excluding hydrogens is 356 g/mol. The molecule has 1 amide bonds. The second kappa shape index (κ2) is 8.44. The SMILES string of the molecule is COC(=O)Oc1cc(C)c(C[C@H](N)C(=O)N2CCCc3ccccc32)c(C)c1. The summed E-state index contributed by atoms with van der Waals surface area (Å²) < 4.78 is 9.62. The molecule has 0 spiro atoms. The van der Waals surface area contributed by atoms with Gasteiger partial charge in [-0.15, -0.1) is 0 Å². The van der Waals surface area contributed by atoms with Crippen molar-refractivity contribution < 1.29 is 19.1 Å². The Labute approximate surface area is 165 Å². The predicted octanol–water partition coefficient (Wildman–Crippen LogP) is 3.30. The monoisotopic (exact) mass is 382 g/mol. The molecule has 3 rings (SSSR count). The van der Waals surface area contributed by atoms with Crippen molar-refractivity contribution in [2.45, 2.75) is 39.2 Å². The van der Waals surface area contributed by atoms with Crippen LogP contribution in [0.1, 0.15) is 28.7 Å². The highest BCUT2D eigenvalue weighted by Crippen LogP contribution is 2.28. The molecule has 0 saturated carbocycles. The Morgan fingerprint density at radius 1 is 1.18 bits per heavy atom. The fourth-order valence-electron chi connectivity index (χ4n) is 3.74. The molecule has 1 aliphatic heterocycles. The molecule has 2 aromatic carbocycles. The number of carbonyl (C=O) groups is 2. The van der Waals surface area contributed by atoms with Crippen molar-refractivity contribution in [2.75, 3.05) is 18.6 Å². The van der Waals surface area contributed by atoms with E-state index in [9.17, 15) is 9.59 Å². The predicted molar refractivity (Wildman–Crippen MR) is 108 cm³/mol. The third-order valence-electron chi connectivity index (χ3n) is 5.15. The summed E-state index contributed by atoms with van der Waals surface area (Å²) in [6.07, 6.45) is 1.58. The van der Waals surface area contributed by atoms with E-state index in [1.807, 2.05) is 36.9 Å². The van der Waals surface area contributed by atoms with Crippen LogP contribution in [-0.2, 0) is 22.4 Å².